The third-order valence-corrected chi connectivity index (χ3v) is 18.4. The SMILES string of the molecule is CCCCCCCCCCCCCCCCC(=O)OC[C@H](COP(=O)(O)OC[C@@H](O)COP(=O)(O)OC[C@@H](COC(=O)CCCCCCCCC)OC(=O)CCCCCCCCCC(C)C)OC(=O)CCCCCCCCCCCCCCCCCCC(C)C. The van der Waals surface area contributed by atoms with E-state index in [9.17, 15) is 43.2 Å². The predicted octanol–water partition coefficient (Wildman–Crippen LogP) is 20.4. The van der Waals surface area contributed by atoms with Crippen LogP contribution in [0.25, 0.3) is 0 Å². The van der Waals surface area contributed by atoms with Crippen LogP contribution in [0.5, 0.6) is 0 Å². The molecule has 19 heteroatoms. The molecule has 0 aromatic carbocycles. The van der Waals surface area contributed by atoms with Gasteiger partial charge in [-0.2, -0.15) is 0 Å². The van der Waals surface area contributed by atoms with E-state index in [1.54, 1.807) is 0 Å². The zero-order valence-corrected chi connectivity index (χ0v) is 60.2. The van der Waals surface area contributed by atoms with Crippen molar-refractivity contribution in [1.82, 2.24) is 0 Å². The predicted molar refractivity (Wildman–Crippen MR) is 363 cm³/mol. The van der Waals surface area contributed by atoms with Gasteiger partial charge < -0.3 is 33.8 Å². The Hall–Kier alpha value is -1.94. The molecule has 0 spiro atoms. The Kier molecular flexibility index (Phi) is 61.8. The van der Waals surface area contributed by atoms with Gasteiger partial charge in [-0.05, 0) is 37.5 Å². The molecule has 0 radical (unpaired) electrons. The summed E-state index contributed by atoms with van der Waals surface area (Å²) in [6.45, 7) is 9.48. The average molecular weight is 1330 g/mol. The summed E-state index contributed by atoms with van der Waals surface area (Å²) in [4.78, 5) is 72.4. The zero-order valence-electron chi connectivity index (χ0n) is 58.4. The summed E-state index contributed by atoms with van der Waals surface area (Å²) in [6.07, 6.45) is 48.8. The highest BCUT2D eigenvalue weighted by Crippen LogP contribution is 2.45. The van der Waals surface area contributed by atoms with Gasteiger partial charge in [-0.3, -0.25) is 37.3 Å². The van der Waals surface area contributed by atoms with Gasteiger partial charge >= 0.3 is 39.5 Å². The molecule has 5 atom stereocenters. The second kappa shape index (κ2) is 63.1. The summed E-state index contributed by atoms with van der Waals surface area (Å²) in [5.41, 5.74) is 0. The van der Waals surface area contributed by atoms with Gasteiger partial charge in [0, 0.05) is 25.7 Å². The van der Waals surface area contributed by atoms with Crippen molar-refractivity contribution in [3.8, 4) is 0 Å². The molecule has 534 valence electrons. The molecule has 0 bridgehead atoms. The van der Waals surface area contributed by atoms with Crippen LogP contribution in [0.3, 0.4) is 0 Å². The minimum absolute atomic E-state index is 0.103. The molecule has 0 rings (SSSR count). The molecule has 0 saturated carbocycles. The number of ether oxygens (including phenoxy) is 4. The smallest absolute Gasteiger partial charge is 0.462 e. The van der Waals surface area contributed by atoms with Crippen LogP contribution in [0.1, 0.15) is 363 Å². The van der Waals surface area contributed by atoms with Crippen molar-refractivity contribution in [3.05, 3.63) is 0 Å². The lowest BCUT2D eigenvalue weighted by Gasteiger charge is -2.21. The van der Waals surface area contributed by atoms with E-state index in [-0.39, 0.29) is 25.7 Å². The molecule has 0 fully saturated rings. The van der Waals surface area contributed by atoms with E-state index in [4.69, 9.17) is 37.0 Å². The van der Waals surface area contributed by atoms with Crippen LogP contribution >= 0.6 is 15.6 Å². The fourth-order valence-electron chi connectivity index (χ4n) is 10.8. The topological polar surface area (TPSA) is 237 Å². The maximum atomic E-state index is 13.0. The van der Waals surface area contributed by atoms with E-state index in [0.717, 1.165) is 109 Å². The van der Waals surface area contributed by atoms with Crippen molar-refractivity contribution in [1.29, 1.82) is 0 Å². The molecule has 0 amide bonds. The molecular formula is C71H138O17P2. The highest BCUT2D eigenvalue weighted by molar-refractivity contribution is 7.47. The van der Waals surface area contributed by atoms with Crippen LogP contribution in [-0.2, 0) is 65.4 Å². The summed E-state index contributed by atoms with van der Waals surface area (Å²) in [5, 5.41) is 10.6. The lowest BCUT2D eigenvalue weighted by Crippen LogP contribution is -2.30. The van der Waals surface area contributed by atoms with Gasteiger partial charge in [0.15, 0.2) is 12.2 Å². The number of aliphatic hydroxyl groups is 1. The van der Waals surface area contributed by atoms with Gasteiger partial charge in [-0.15, -0.1) is 0 Å². The van der Waals surface area contributed by atoms with E-state index in [1.165, 1.54) is 167 Å². The zero-order chi connectivity index (χ0) is 66.5. The Morgan fingerprint density at radius 1 is 0.300 bits per heavy atom. The maximum Gasteiger partial charge on any atom is 0.472 e. The second-order valence-corrected chi connectivity index (χ2v) is 29.5. The Bertz CT molecular complexity index is 1750. The fourth-order valence-corrected chi connectivity index (χ4v) is 12.3. The van der Waals surface area contributed by atoms with Crippen LogP contribution in [0.4, 0.5) is 0 Å². The van der Waals surface area contributed by atoms with Crippen LogP contribution < -0.4 is 0 Å². The summed E-state index contributed by atoms with van der Waals surface area (Å²) in [6, 6.07) is 0. The number of unbranched alkanes of at least 4 members (excludes halogenated alkanes) is 40. The first-order chi connectivity index (χ1) is 43.4. The summed E-state index contributed by atoms with van der Waals surface area (Å²) in [7, 11) is -9.89. The normalized spacial score (nSPS) is 14.1. The summed E-state index contributed by atoms with van der Waals surface area (Å²) in [5.74, 6) is -0.623. The highest BCUT2D eigenvalue weighted by Gasteiger charge is 2.30. The quantitative estimate of drug-likeness (QED) is 0.0222. The second-order valence-electron chi connectivity index (χ2n) is 26.6. The van der Waals surface area contributed by atoms with E-state index >= 15 is 0 Å². The van der Waals surface area contributed by atoms with Gasteiger partial charge in [-0.1, -0.05) is 311 Å². The van der Waals surface area contributed by atoms with Crippen LogP contribution in [0.15, 0.2) is 0 Å². The molecule has 0 heterocycles. The number of phosphoric acid groups is 2. The molecule has 0 aliphatic heterocycles. The minimum Gasteiger partial charge on any atom is -0.462 e. The molecule has 0 aromatic rings. The van der Waals surface area contributed by atoms with E-state index in [0.29, 0.717) is 31.6 Å². The molecule has 0 aromatic heterocycles. The standard InChI is InChI=1S/C71H138O17P2/c1-7-9-11-13-15-16-17-18-24-27-30-36-42-48-54-69(74)82-60-67(87-70(75)55-49-43-37-31-28-25-22-20-19-21-23-26-29-34-39-45-51-63(3)4)62-86-90(79,80)84-58-65(72)57-83-89(77,78)85-61-66(59-81-68(73)53-47-41-33-14-12-10-8-2)88-71(76)56-50-44-38-32-35-40-46-52-64(5)6/h63-67,72H,7-62H2,1-6H3,(H,77,78)(H,79,80)/t65-,66+,67+/m0/s1. The molecule has 2 unspecified atom stereocenters. The van der Waals surface area contributed by atoms with Crippen molar-refractivity contribution in [2.45, 2.75) is 381 Å². The van der Waals surface area contributed by atoms with E-state index in [1.807, 2.05) is 0 Å². The van der Waals surface area contributed by atoms with Crippen molar-refractivity contribution in [2.24, 2.45) is 11.8 Å². The molecule has 90 heavy (non-hydrogen) atoms. The lowest BCUT2D eigenvalue weighted by molar-refractivity contribution is -0.161. The van der Waals surface area contributed by atoms with Crippen molar-refractivity contribution < 1.29 is 80.2 Å². The van der Waals surface area contributed by atoms with E-state index < -0.39 is 97.5 Å². The molecule has 0 aliphatic carbocycles. The minimum atomic E-state index is -4.95. The van der Waals surface area contributed by atoms with Gasteiger partial charge in [0.05, 0.1) is 26.4 Å². The van der Waals surface area contributed by atoms with Crippen molar-refractivity contribution >= 4 is 39.5 Å². The number of hydrogen-bond acceptors (Lipinski definition) is 15. The first-order valence-electron chi connectivity index (χ1n) is 37.0. The van der Waals surface area contributed by atoms with Crippen LogP contribution in [0.2, 0.25) is 0 Å². The number of carbonyl (C=O) groups excluding carboxylic acids is 4. The van der Waals surface area contributed by atoms with Gasteiger partial charge in [-0.25, -0.2) is 9.13 Å². The molecule has 3 N–H and O–H groups in total. The van der Waals surface area contributed by atoms with Gasteiger partial charge in [0.1, 0.15) is 19.3 Å². The molecule has 0 aliphatic rings. The van der Waals surface area contributed by atoms with Crippen molar-refractivity contribution in [3.63, 3.8) is 0 Å². The Labute approximate surface area is 549 Å². The summed E-state index contributed by atoms with van der Waals surface area (Å²) < 4.78 is 68.2. The van der Waals surface area contributed by atoms with Gasteiger partial charge in [0.25, 0.3) is 0 Å². The number of carbonyl (C=O) groups is 4. The first-order valence-corrected chi connectivity index (χ1v) is 40.0. The molecule has 17 nitrogen and oxygen atoms in total. The fraction of sp³-hybridized carbons (Fsp3) is 0.944. The first kappa shape index (κ1) is 88.1. The number of hydrogen-bond donors (Lipinski definition) is 3. The largest absolute Gasteiger partial charge is 0.472 e. The monoisotopic (exact) mass is 1320 g/mol. The number of rotatable bonds is 70. The Morgan fingerprint density at radius 2 is 0.511 bits per heavy atom. The summed E-state index contributed by atoms with van der Waals surface area (Å²) >= 11 is 0. The Balaban J connectivity index is 5.18. The lowest BCUT2D eigenvalue weighted by atomic mass is 10.0. The Morgan fingerprint density at radius 3 is 0.756 bits per heavy atom. The van der Waals surface area contributed by atoms with Crippen LogP contribution in [0, 0.1) is 11.8 Å². The van der Waals surface area contributed by atoms with Crippen molar-refractivity contribution in [2.75, 3.05) is 39.6 Å². The van der Waals surface area contributed by atoms with Gasteiger partial charge in [0.2, 0.25) is 0 Å². The van der Waals surface area contributed by atoms with Crippen LogP contribution in [-0.4, -0.2) is 96.7 Å². The number of phosphoric ester groups is 2. The van der Waals surface area contributed by atoms with E-state index in [2.05, 4.69) is 41.5 Å². The highest BCUT2D eigenvalue weighted by atomic mass is 31.2. The third-order valence-electron chi connectivity index (χ3n) is 16.5. The average Bonchev–Trinajstić information content (AvgIpc) is 3.64. The third kappa shape index (κ3) is 64.8. The number of esters is 4. The molecule has 0 saturated heterocycles. The number of aliphatic hydroxyl groups excluding tert-OH is 1. The maximum absolute atomic E-state index is 13.0. The molecular weight excluding hydrogens is 1190 g/mol.